The van der Waals surface area contributed by atoms with E-state index in [9.17, 15) is 9.90 Å². The highest BCUT2D eigenvalue weighted by Crippen LogP contribution is 2.20. The van der Waals surface area contributed by atoms with Crippen molar-refractivity contribution < 1.29 is 9.90 Å². The largest absolute Gasteiger partial charge is 0.506 e. The number of phenols is 1. The molecule has 4 nitrogen and oxygen atoms in total. The molecule has 0 radical (unpaired) electrons. The first-order valence-electron chi connectivity index (χ1n) is 6.37. The van der Waals surface area contributed by atoms with Crippen molar-refractivity contribution >= 4 is 11.6 Å². The monoisotopic (exact) mass is 250 g/mol. The molecule has 0 unspecified atom stereocenters. The van der Waals surface area contributed by atoms with Crippen molar-refractivity contribution in [1.82, 2.24) is 5.32 Å². The van der Waals surface area contributed by atoms with Crippen LogP contribution in [0.3, 0.4) is 0 Å². The summed E-state index contributed by atoms with van der Waals surface area (Å²) >= 11 is 0. The maximum absolute atomic E-state index is 11.7. The molecule has 4 N–H and O–H groups in total. The van der Waals surface area contributed by atoms with Gasteiger partial charge in [0.05, 0.1) is 5.69 Å². The molecular weight excluding hydrogens is 228 g/mol. The number of benzene rings is 1. The Bertz CT molecular complexity index is 403. The summed E-state index contributed by atoms with van der Waals surface area (Å²) in [5, 5.41) is 12.2. The molecule has 0 saturated carbocycles. The quantitative estimate of drug-likeness (QED) is 0.412. The summed E-state index contributed by atoms with van der Waals surface area (Å²) in [7, 11) is 0. The average molecular weight is 250 g/mol. The van der Waals surface area contributed by atoms with Crippen LogP contribution >= 0.6 is 0 Å². The number of carbonyl (C=O) groups is 1. The van der Waals surface area contributed by atoms with Gasteiger partial charge in [-0.15, -0.1) is 0 Å². The van der Waals surface area contributed by atoms with Gasteiger partial charge in [0, 0.05) is 12.1 Å². The fraction of sp³-hybridized carbons (Fsp3) is 0.500. The number of rotatable bonds is 6. The number of unbranched alkanes of at least 4 members (excludes halogenated alkanes) is 1. The Morgan fingerprint density at radius 1 is 1.39 bits per heavy atom. The first-order chi connectivity index (χ1) is 8.50. The molecule has 0 aromatic heterocycles. The standard InChI is InChI=1S/C14H22N2O2/c1-10(2)5-3-4-8-16-14(18)11-6-7-12(15)13(17)9-11/h6-7,9-10,17H,3-5,8,15H2,1-2H3,(H,16,18). The van der Waals surface area contributed by atoms with Crippen molar-refractivity contribution in [3.8, 4) is 5.75 Å². The summed E-state index contributed by atoms with van der Waals surface area (Å²) in [5.41, 5.74) is 6.19. The highest BCUT2D eigenvalue weighted by molar-refractivity contribution is 5.95. The summed E-state index contributed by atoms with van der Waals surface area (Å²) in [4.78, 5) is 11.7. The molecule has 1 aromatic carbocycles. The molecule has 1 aromatic rings. The highest BCUT2D eigenvalue weighted by Gasteiger charge is 2.07. The Labute approximate surface area is 108 Å². The second-order valence-electron chi connectivity index (χ2n) is 4.92. The van der Waals surface area contributed by atoms with Gasteiger partial charge < -0.3 is 16.2 Å². The average Bonchev–Trinajstić information content (AvgIpc) is 2.31. The molecule has 100 valence electrons. The third-order valence-corrected chi connectivity index (χ3v) is 2.79. The fourth-order valence-electron chi connectivity index (χ4n) is 1.67. The maximum atomic E-state index is 11.7. The number of carbonyl (C=O) groups excluding carboxylic acids is 1. The summed E-state index contributed by atoms with van der Waals surface area (Å²) in [6.45, 7) is 5.04. The summed E-state index contributed by atoms with van der Waals surface area (Å²) in [6.07, 6.45) is 3.27. The van der Waals surface area contributed by atoms with E-state index in [0.29, 0.717) is 18.0 Å². The number of nitrogens with one attached hydrogen (secondary N) is 1. The molecule has 0 aliphatic carbocycles. The lowest BCUT2D eigenvalue weighted by Gasteiger charge is -2.07. The minimum Gasteiger partial charge on any atom is -0.506 e. The normalized spacial score (nSPS) is 10.6. The van der Waals surface area contributed by atoms with Crippen molar-refractivity contribution in [1.29, 1.82) is 0 Å². The van der Waals surface area contributed by atoms with E-state index in [1.807, 2.05) is 0 Å². The zero-order valence-electron chi connectivity index (χ0n) is 11.1. The Hall–Kier alpha value is -1.71. The first-order valence-corrected chi connectivity index (χ1v) is 6.37. The van der Waals surface area contributed by atoms with Crippen LogP contribution in [0, 0.1) is 5.92 Å². The van der Waals surface area contributed by atoms with Gasteiger partial charge in [0.2, 0.25) is 0 Å². The Kier molecular flexibility index (Phi) is 5.49. The van der Waals surface area contributed by atoms with Crippen molar-refractivity contribution in [2.45, 2.75) is 33.1 Å². The van der Waals surface area contributed by atoms with E-state index in [0.717, 1.165) is 12.8 Å². The molecule has 1 amide bonds. The van der Waals surface area contributed by atoms with Crippen LogP contribution in [0.15, 0.2) is 18.2 Å². The van der Waals surface area contributed by atoms with E-state index in [1.165, 1.54) is 18.6 Å². The van der Waals surface area contributed by atoms with Gasteiger partial charge in [0.15, 0.2) is 0 Å². The molecule has 0 aliphatic rings. The molecule has 4 heteroatoms. The minimum absolute atomic E-state index is 0.0533. The number of phenolic OH excluding ortho intramolecular Hbond substituents is 1. The maximum Gasteiger partial charge on any atom is 0.251 e. The van der Waals surface area contributed by atoms with E-state index in [1.54, 1.807) is 6.07 Å². The van der Waals surface area contributed by atoms with Crippen LogP contribution in [0.25, 0.3) is 0 Å². The van der Waals surface area contributed by atoms with Crippen LogP contribution in [0.2, 0.25) is 0 Å². The predicted octanol–water partition coefficient (Wildman–Crippen LogP) is 2.53. The topological polar surface area (TPSA) is 75.4 Å². The fourth-order valence-corrected chi connectivity index (χ4v) is 1.67. The van der Waals surface area contributed by atoms with Crippen molar-refractivity contribution in [2.24, 2.45) is 5.92 Å². The van der Waals surface area contributed by atoms with Gasteiger partial charge in [0.1, 0.15) is 5.75 Å². The number of hydrogen-bond donors (Lipinski definition) is 3. The van der Waals surface area contributed by atoms with Crippen LogP contribution in [0.1, 0.15) is 43.5 Å². The number of anilines is 1. The van der Waals surface area contributed by atoms with Crippen LogP contribution in [-0.4, -0.2) is 17.6 Å². The molecule has 0 aliphatic heterocycles. The molecule has 1 rings (SSSR count). The zero-order chi connectivity index (χ0) is 13.5. The molecule has 18 heavy (non-hydrogen) atoms. The van der Waals surface area contributed by atoms with Gasteiger partial charge in [-0.2, -0.15) is 0 Å². The van der Waals surface area contributed by atoms with Gasteiger partial charge >= 0.3 is 0 Å². The van der Waals surface area contributed by atoms with E-state index in [4.69, 9.17) is 5.73 Å². The molecule has 0 spiro atoms. The molecule has 0 fully saturated rings. The lowest BCUT2D eigenvalue weighted by atomic mass is 10.1. The van der Waals surface area contributed by atoms with Crippen LogP contribution in [-0.2, 0) is 0 Å². The molecular formula is C14H22N2O2. The first kappa shape index (κ1) is 14.4. The van der Waals surface area contributed by atoms with Gasteiger partial charge in [-0.25, -0.2) is 0 Å². The van der Waals surface area contributed by atoms with Gasteiger partial charge in [0.25, 0.3) is 5.91 Å². The van der Waals surface area contributed by atoms with E-state index >= 15 is 0 Å². The van der Waals surface area contributed by atoms with Gasteiger partial charge in [-0.05, 0) is 30.5 Å². The Balaban J connectivity index is 2.34. The molecule has 0 atom stereocenters. The zero-order valence-corrected chi connectivity index (χ0v) is 11.1. The van der Waals surface area contributed by atoms with Crippen molar-refractivity contribution in [3.63, 3.8) is 0 Å². The highest BCUT2D eigenvalue weighted by atomic mass is 16.3. The van der Waals surface area contributed by atoms with Crippen LogP contribution < -0.4 is 11.1 Å². The summed E-state index contributed by atoms with van der Waals surface area (Å²) < 4.78 is 0. The lowest BCUT2D eigenvalue weighted by molar-refractivity contribution is 0.0952. The third-order valence-electron chi connectivity index (χ3n) is 2.79. The second-order valence-corrected chi connectivity index (χ2v) is 4.92. The minimum atomic E-state index is -0.171. The van der Waals surface area contributed by atoms with E-state index in [2.05, 4.69) is 19.2 Å². The lowest BCUT2D eigenvalue weighted by Crippen LogP contribution is -2.24. The smallest absolute Gasteiger partial charge is 0.251 e. The number of amides is 1. The summed E-state index contributed by atoms with van der Waals surface area (Å²) in [6, 6.07) is 4.53. The van der Waals surface area contributed by atoms with Gasteiger partial charge in [-0.3, -0.25) is 4.79 Å². The van der Waals surface area contributed by atoms with Gasteiger partial charge in [-0.1, -0.05) is 26.7 Å². The van der Waals surface area contributed by atoms with E-state index < -0.39 is 0 Å². The Morgan fingerprint density at radius 3 is 2.72 bits per heavy atom. The summed E-state index contributed by atoms with van der Waals surface area (Å²) in [5.74, 6) is 0.479. The van der Waals surface area contributed by atoms with E-state index in [-0.39, 0.29) is 17.3 Å². The number of nitrogen functional groups attached to an aromatic ring is 1. The second kappa shape index (κ2) is 6.89. The molecule has 0 heterocycles. The number of aromatic hydroxyl groups is 1. The molecule has 0 saturated heterocycles. The van der Waals surface area contributed by atoms with Crippen LogP contribution in [0.5, 0.6) is 5.75 Å². The molecule has 0 bridgehead atoms. The van der Waals surface area contributed by atoms with Crippen LogP contribution in [0.4, 0.5) is 5.69 Å². The third kappa shape index (κ3) is 4.65. The Morgan fingerprint density at radius 2 is 2.11 bits per heavy atom. The predicted molar refractivity (Wildman–Crippen MR) is 73.5 cm³/mol. The van der Waals surface area contributed by atoms with Crippen molar-refractivity contribution in [3.05, 3.63) is 23.8 Å². The number of nitrogens with two attached hydrogens (primary N) is 1. The number of hydrogen-bond acceptors (Lipinski definition) is 3. The SMILES string of the molecule is CC(C)CCCCNC(=O)c1ccc(N)c(O)c1. The van der Waals surface area contributed by atoms with Crippen molar-refractivity contribution in [2.75, 3.05) is 12.3 Å².